The fourth-order valence-electron chi connectivity index (χ4n) is 0.959. The van der Waals surface area contributed by atoms with Crippen molar-refractivity contribution in [2.24, 2.45) is 0 Å². The van der Waals surface area contributed by atoms with Crippen molar-refractivity contribution in [2.75, 3.05) is 0 Å². The highest BCUT2D eigenvalue weighted by molar-refractivity contribution is 5.74. The SMILES string of the molecule is Cc1cc2cc[nH]c2nn1. The van der Waals surface area contributed by atoms with E-state index in [-0.39, 0.29) is 0 Å². The van der Waals surface area contributed by atoms with Gasteiger partial charge in [-0.25, -0.2) is 0 Å². The number of rotatable bonds is 0. The van der Waals surface area contributed by atoms with E-state index >= 15 is 0 Å². The molecule has 10 heavy (non-hydrogen) atoms. The number of aromatic amines is 1. The number of nitrogens with zero attached hydrogens (tertiary/aromatic N) is 2. The minimum atomic E-state index is 0.852. The molecule has 0 aliphatic heterocycles. The third-order valence-electron chi connectivity index (χ3n) is 1.43. The highest BCUT2D eigenvalue weighted by atomic mass is 15.1. The van der Waals surface area contributed by atoms with E-state index in [4.69, 9.17) is 0 Å². The normalized spacial score (nSPS) is 10.5. The molecule has 2 aromatic rings. The lowest BCUT2D eigenvalue weighted by atomic mass is 10.3. The van der Waals surface area contributed by atoms with E-state index in [0.29, 0.717) is 0 Å². The van der Waals surface area contributed by atoms with Gasteiger partial charge >= 0.3 is 0 Å². The number of fused-ring (bicyclic) bond motifs is 1. The zero-order valence-corrected chi connectivity index (χ0v) is 5.63. The fraction of sp³-hybridized carbons (Fsp3) is 0.143. The second-order valence-electron chi connectivity index (χ2n) is 2.27. The first kappa shape index (κ1) is 5.41. The van der Waals surface area contributed by atoms with Gasteiger partial charge in [-0.2, -0.15) is 5.10 Å². The predicted octanol–water partition coefficient (Wildman–Crippen LogP) is 1.27. The molecule has 2 aromatic heterocycles. The second-order valence-corrected chi connectivity index (χ2v) is 2.27. The maximum Gasteiger partial charge on any atom is 0.159 e. The summed E-state index contributed by atoms with van der Waals surface area (Å²) in [7, 11) is 0. The summed E-state index contributed by atoms with van der Waals surface area (Å²) < 4.78 is 0. The zero-order valence-electron chi connectivity index (χ0n) is 5.63. The first-order valence-corrected chi connectivity index (χ1v) is 3.14. The molecule has 0 aliphatic rings. The number of hydrogen-bond acceptors (Lipinski definition) is 2. The predicted molar refractivity (Wildman–Crippen MR) is 38.6 cm³/mol. The Balaban J connectivity index is 2.86. The molecule has 2 heterocycles. The van der Waals surface area contributed by atoms with Crippen molar-refractivity contribution in [3.05, 3.63) is 24.0 Å². The van der Waals surface area contributed by atoms with E-state index in [0.717, 1.165) is 16.7 Å². The molecule has 0 bridgehead atoms. The number of aromatic nitrogens is 3. The van der Waals surface area contributed by atoms with Crippen LogP contribution >= 0.6 is 0 Å². The van der Waals surface area contributed by atoms with Gasteiger partial charge in [0.05, 0.1) is 5.69 Å². The van der Waals surface area contributed by atoms with Gasteiger partial charge in [-0.15, -0.1) is 5.10 Å². The highest BCUT2D eigenvalue weighted by Crippen LogP contribution is 2.07. The monoisotopic (exact) mass is 133 g/mol. The van der Waals surface area contributed by atoms with Gasteiger partial charge < -0.3 is 4.98 Å². The fourth-order valence-corrected chi connectivity index (χ4v) is 0.959. The minimum Gasteiger partial charge on any atom is -0.345 e. The van der Waals surface area contributed by atoms with Gasteiger partial charge in [-0.1, -0.05) is 0 Å². The minimum absolute atomic E-state index is 0.852. The van der Waals surface area contributed by atoms with Crippen LogP contribution in [0.4, 0.5) is 0 Å². The van der Waals surface area contributed by atoms with Crippen molar-refractivity contribution >= 4 is 11.0 Å². The Labute approximate surface area is 58.1 Å². The molecule has 0 aromatic carbocycles. The number of H-pyrrole nitrogens is 1. The largest absolute Gasteiger partial charge is 0.345 e. The van der Waals surface area contributed by atoms with E-state index in [2.05, 4.69) is 15.2 Å². The molecular formula is C7H7N3. The maximum absolute atomic E-state index is 3.94. The van der Waals surface area contributed by atoms with E-state index in [9.17, 15) is 0 Å². The summed E-state index contributed by atoms with van der Waals surface area (Å²) in [5.41, 5.74) is 1.80. The molecule has 3 heteroatoms. The lowest BCUT2D eigenvalue weighted by molar-refractivity contribution is 1.01. The average molecular weight is 133 g/mol. The summed E-state index contributed by atoms with van der Waals surface area (Å²) in [4.78, 5) is 2.97. The molecule has 0 saturated carbocycles. The van der Waals surface area contributed by atoms with Gasteiger partial charge in [0.15, 0.2) is 5.65 Å². The molecule has 1 N–H and O–H groups in total. The summed E-state index contributed by atoms with van der Waals surface area (Å²) in [5.74, 6) is 0. The van der Waals surface area contributed by atoms with Gasteiger partial charge in [0, 0.05) is 11.6 Å². The van der Waals surface area contributed by atoms with Crippen LogP contribution in [0.3, 0.4) is 0 Å². The summed E-state index contributed by atoms with van der Waals surface area (Å²) in [6, 6.07) is 3.98. The standard InChI is InChI=1S/C7H7N3/c1-5-4-6-2-3-8-7(6)10-9-5/h2-4H,1H3,(H,8,10). The van der Waals surface area contributed by atoms with Crippen LogP contribution in [0.1, 0.15) is 5.69 Å². The summed E-state index contributed by atoms with van der Waals surface area (Å²) in [6.45, 7) is 1.93. The third-order valence-corrected chi connectivity index (χ3v) is 1.43. The Bertz CT molecular complexity index is 350. The van der Waals surface area contributed by atoms with Crippen LogP contribution < -0.4 is 0 Å². The van der Waals surface area contributed by atoms with E-state index in [1.807, 2.05) is 25.3 Å². The number of aryl methyl sites for hydroxylation is 1. The van der Waals surface area contributed by atoms with Crippen LogP contribution in [-0.4, -0.2) is 15.2 Å². The Kier molecular flexibility index (Phi) is 0.974. The van der Waals surface area contributed by atoms with Crippen molar-refractivity contribution < 1.29 is 0 Å². The van der Waals surface area contributed by atoms with E-state index in [1.54, 1.807) is 0 Å². The van der Waals surface area contributed by atoms with E-state index < -0.39 is 0 Å². The third kappa shape index (κ3) is 0.673. The maximum atomic E-state index is 3.94. The van der Waals surface area contributed by atoms with E-state index in [1.165, 1.54) is 0 Å². The van der Waals surface area contributed by atoms with Crippen molar-refractivity contribution in [3.63, 3.8) is 0 Å². The Morgan fingerprint density at radius 3 is 3.20 bits per heavy atom. The average Bonchev–Trinajstić information content (AvgIpc) is 2.33. The zero-order chi connectivity index (χ0) is 6.97. The molecule has 50 valence electrons. The van der Waals surface area contributed by atoms with Gasteiger partial charge in [0.25, 0.3) is 0 Å². The Hall–Kier alpha value is -1.38. The Morgan fingerprint density at radius 2 is 2.30 bits per heavy atom. The van der Waals surface area contributed by atoms with Crippen molar-refractivity contribution in [2.45, 2.75) is 6.92 Å². The first-order chi connectivity index (χ1) is 4.86. The molecular weight excluding hydrogens is 126 g/mol. The molecule has 0 atom stereocenters. The quantitative estimate of drug-likeness (QED) is 0.588. The first-order valence-electron chi connectivity index (χ1n) is 3.14. The molecule has 0 saturated heterocycles. The highest BCUT2D eigenvalue weighted by Gasteiger charge is 1.94. The second kappa shape index (κ2) is 1.80. The van der Waals surface area contributed by atoms with Crippen LogP contribution in [-0.2, 0) is 0 Å². The van der Waals surface area contributed by atoms with Gasteiger partial charge in [0.2, 0.25) is 0 Å². The summed E-state index contributed by atoms with van der Waals surface area (Å²) in [6.07, 6.45) is 1.86. The molecule has 0 unspecified atom stereocenters. The van der Waals surface area contributed by atoms with Crippen LogP contribution in [0, 0.1) is 6.92 Å². The number of nitrogens with one attached hydrogen (secondary N) is 1. The topological polar surface area (TPSA) is 41.6 Å². The summed E-state index contributed by atoms with van der Waals surface area (Å²) >= 11 is 0. The molecule has 0 aliphatic carbocycles. The number of hydrogen-bond donors (Lipinski definition) is 1. The lowest BCUT2D eigenvalue weighted by Gasteiger charge is -1.88. The van der Waals surface area contributed by atoms with Gasteiger partial charge in [-0.3, -0.25) is 0 Å². The Morgan fingerprint density at radius 1 is 1.40 bits per heavy atom. The van der Waals surface area contributed by atoms with Crippen molar-refractivity contribution in [1.82, 2.24) is 15.2 Å². The molecule has 3 nitrogen and oxygen atoms in total. The van der Waals surface area contributed by atoms with Gasteiger partial charge in [0.1, 0.15) is 0 Å². The molecule has 0 amide bonds. The van der Waals surface area contributed by atoms with Crippen LogP contribution in [0.15, 0.2) is 18.3 Å². The van der Waals surface area contributed by atoms with Crippen molar-refractivity contribution in [1.29, 1.82) is 0 Å². The van der Waals surface area contributed by atoms with Crippen LogP contribution in [0.2, 0.25) is 0 Å². The van der Waals surface area contributed by atoms with Gasteiger partial charge in [-0.05, 0) is 19.1 Å². The molecule has 0 fully saturated rings. The molecule has 0 spiro atoms. The van der Waals surface area contributed by atoms with Crippen molar-refractivity contribution in [3.8, 4) is 0 Å². The smallest absolute Gasteiger partial charge is 0.159 e. The lowest BCUT2D eigenvalue weighted by Crippen LogP contribution is -1.84. The van der Waals surface area contributed by atoms with Crippen LogP contribution in [0.25, 0.3) is 11.0 Å². The molecule has 2 rings (SSSR count). The summed E-state index contributed by atoms with van der Waals surface area (Å²) in [5, 5.41) is 8.95. The van der Waals surface area contributed by atoms with Crippen LogP contribution in [0.5, 0.6) is 0 Å². The molecule has 0 radical (unpaired) electrons.